The second kappa shape index (κ2) is 9.08. The molecule has 0 spiro atoms. The van der Waals surface area contributed by atoms with Crippen LogP contribution in [0.4, 0.5) is 0 Å². The Kier molecular flexibility index (Phi) is 5.90. The van der Waals surface area contributed by atoms with Crippen LogP contribution in [0.5, 0.6) is 5.75 Å². The molecule has 4 aromatic rings. The zero-order valence-electron chi connectivity index (χ0n) is 18.8. The van der Waals surface area contributed by atoms with Crippen molar-refractivity contribution in [2.24, 2.45) is 4.99 Å². The Balaban J connectivity index is 1.61. The maximum Gasteiger partial charge on any atom is 0.271 e. The molecular formula is C28H20ClIN2O2S. The molecule has 4 nitrogen and oxygen atoms in total. The first-order valence-electron chi connectivity index (χ1n) is 11.3. The first-order chi connectivity index (χ1) is 17.0. The summed E-state index contributed by atoms with van der Waals surface area (Å²) in [5, 5.41) is 0.657. The molecule has 0 radical (unpaired) electrons. The maximum absolute atomic E-state index is 13.8. The molecule has 174 valence electrons. The summed E-state index contributed by atoms with van der Waals surface area (Å²) in [6.45, 7) is 0. The van der Waals surface area contributed by atoms with E-state index in [1.165, 1.54) is 16.9 Å². The highest BCUT2D eigenvalue weighted by Gasteiger charge is 2.33. The van der Waals surface area contributed by atoms with Gasteiger partial charge < -0.3 is 4.74 Å². The van der Waals surface area contributed by atoms with Crippen LogP contribution < -0.4 is 19.6 Å². The van der Waals surface area contributed by atoms with Crippen molar-refractivity contribution in [3.8, 4) is 5.75 Å². The fourth-order valence-corrected chi connectivity index (χ4v) is 6.92. The Morgan fingerprint density at radius 1 is 1.11 bits per heavy atom. The van der Waals surface area contributed by atoms with Gasteiger partial charge in [0.1, 0.15) is 5.75 Å². The minimum Gasteiger partial charge on any atom is -0.496 e. The Bertz CT molecular complexity index is 1700. The van der Waals surface area contributed by atoms with Crippen LogP contribution in [0.2, 0.25) is 5.02 Å². The van der Waals surface area contributed by atoms with Crippen molar-refractivity contribution in [3.63, 3.8) is 0 Å². The Hall–Kier alpha value is -2.68. The average molecular weight is 611 g/mol. The van der Waals surface area contributed by atoms with Gasteiger partial charge in [0.15, 0.2) is 4.80 Å². The smallest absolute Gasteiger partial charge is 0.271 e. The number of aromatic nitrogens is 1. The average Bonchev–Trinajstić information content (AvgIpc) is 3.18. The van der Waals surface area contributed by atoms with Crippen molar-refractivity contribution in [1.82, 2.24) is 4.57 Å². The van der Waals surface area contributed by atoms with Crippen molar-refractivity contribution < 1.29 is 4.74 Å². The number of aryl methyl sites for hydroxylation is 1. The topological polar surface area (TPSA) is 43.6 Å². The molecule has 0 saturated heterocycles. The van der Waals surface area contributed by atoms with E-state index in [4.69, 9.17) is 21.3 Å². The van der Waals surface area contributed by atoms with Gasteiger partial charge in [-0.3, -0.25) is 9.36 Å². The normalized spacial score (nSPS) is 16.9. The van der Waals surface area contributed by atoms with Crippen molar-refractivity contribution in [2.75, 3.05) is 7.11 Å². The van der Waals surface area contributed by atoms with E-state index < -0.39 is 0 Å². The van der Waals surface area contributed by atoms with Gasteiger partial charge in [0.2, 0.25) is 0 Å². The van der Waals surface area contributed by atoms with Crippen LogP contribution in [0.25, 0.3) is 11.8 Å². The Morgan fingerprint density at radius 3 is 2.71 bits per heavy atom. The molecule has 1 aromatic heterocycles. The number of ether oxygens (including phenoxy) is 1. The van der Waals surface area contributed by atoms with Crippen LogP contribution >= 0.6 is 45.5 Å². The summed E-state index contributed by atoms with van der Waals surface area (Å²) in [5.74, 6) is 0.814. The third-order valence-electron chi connectivity index (χ3n) is 6.55. The zero-order valence-corrected chi connectivity index (χ0v) is 22.5. The Labute approximate surface area is 225 Å². The maximum atomic E-state index is 13.8. The minimum atomic E-state index is -0.276. The van der Waals surface area contributed by atoms with E-state index >= 15 is 0 Å². The number of hydrogen-bond donors (Lipinski definition) is 0. The van der Waals surface area contributed by atoms with Crippen LogP contribution in [-0.2, 0) is 6.42 Å². The predicted molar refractivity (Wildman–Crippen MR) is 150 cm³/mol. The second-order valence-electron chi connectivity index (χ2n) is 8.53. The molecule has 2 aliphatic rings. The summed E-state index contributed by atoms with van der Waals surface area (Å²) in [7, 11) is 1.66. The minimum absolute atomic E-state index is 0.0464. The van der Waals surface area contributed by atoms with Gasteiger partial charge in [-0.2, -0.15) is 0 Å². The SMILES string of the molecule is COc1ccc(/C=c2/sc3n(c2=O)C(c2ccccc2Cl)C2=C(N=3)c3ccccc3CC2)cc1I. The van der Waals surface area contributed by atoms with E-state index in [0.717, 1.165) is 50.1 Å². The molecule has 1 unspecified atom stereocenters. The van der Waals surface area contributed by atoms with Gasteiger partial charge in [-0.05, 0) is 82.0 Å². The first kappa shape index (κ1) is 22.8. The number of hydrogen-bond acceptors (Lipinski definition) is 4. The highest BCUT2D eigenvalue weighted by molar-refractivity contribution is 14.1. The summed E-state index contributed by atoms with van der Waals surface area (Å²) < 4.78 is 8.85. The third-order valence-corrected chi connectivity index (χ3v) is 8.72. The fraction of sp³-hybridized carbons (Fsp3) is 0.143. The van der Waals surface area contributed by atoms with E-state index in [9.17, 15) is 4.79 Å². The molecule has 6 rings (SSSR count). The van der Waals surface area contributed by atoms with Crippen LogP contribution in [0, 0.1) is 3.57 Å². The van der Waals surface area contributed by atoms with Gasteiger partial charge in [-0.25, -0.2) is 4.99 Å². The summed E-state index contributed by atoms with van der Waals surface area (Å²) >= 11 is 10.4. The molecule has 0 N–H and O–H groups in total. The molecule has 7 heteroatoms. The predicted octanol–water partition coefficient (Wildman–Crippen LogP) is 5.59. The summed E-state index contributed by atoms with van der Waals surface area (Å²) in [6, 6.07) is 21.9. The molecule has 35 heavy (non-hydrogen) atoms. The van der Waals surface area contributed by atoms with Gasteiger partial charge in [-0.15, -0.1) is 0 Å². The van der Waals surface area contributed by atoms with E-state index in [1.807, 2.05) is 53.1 Å². The first-order valence-corrected chi connectivity index (χ1v) is 13.5. The summed E-state index contributed by atoms with van der Waals surface area (Å²) in [4.78, 5) is 19.6. The quantitative estimate of drug-likeness (QED) is 0.284. The molecule has 0 amide bonds. The van der Waals surface area contributed by atoms with Crippen LogP contribution in [-0.4, -0.2) is 11.7 Å². The number of thiazole rings is 1. The van der Waals surface area contributed by atoms with Crippen LogP contribution in [0.15, 0.2) is 82.1 Å². The van der Waals surface area contributed by atoms with Crippen molar-refractivity contribution in [2.45, 2.75) is 18.9 Å². The standard InChI is InChI=1S/C28H20ClIN2O2S/c1-34-23-13-10-16(14-22(23)30)15-24-27(33)32-26(19-8-4-5-9-21(19)29)20-12-11-17-6-2-3-7-18(17)25(20)31-28(32)35-24/h2-10,13-15,26H,11-12H2,1H3/b24-15+. The van der Waals surface area contributed by atoms with Gasteiger partial charge in [0.05, 0.1) is 27.0 Å². The summed E-state index contributed by atoms with van der Waals surface area (Å²) in [5.41, 5.74) is 6.40. The lowest BCUT2D eigenvalue weighted by atomic mass is 9.83. The summed E-state index contributed by atoms with van der Waals surface area (Å²) in [6.07, 6.45) is 3.69. The van der Waals surface area contributed by atoms with Crippen molar-refractivity contribution in [1.29, 1.82) is 0 Å². The highest BCUT2D eigenvalue weighted by Crippen LogP contribution is 2.42. The molecule has 1 atom stereocenters. The zero-order chi connectivity index (χ0) is 24.1. The lowest BCUT2D eigenvalue weighted by molar-refractivity contribution is 0.412. The molecular weight excluding hydrogens is 591 g/mol. The van der Waals surface area contributed by atoms with Gasteiger partial charge >= 0.3 is 0 Å². The molecule has 0 fully saturated rings. The number of rotatable bonds is 3. The molecule has 2 heterocycles. The van der Waals surface area contributed by atoms with Gasteiger partial charge in [0.25, 0.3) is 5.56 Å². The van der Waals surface area contributed by atoms with E-state index in [-0.39, 0.29) is 11.6 Å². The van der Waals surface area contributed by atoms with Crippen LogP contribution in [0.1, 0.15) is 34.7 Å². The van der Waals surface area contributed by atoms with Gasteiger partial charge in [-0.1, -0.05) is 71.5 Å². The largest absolute Gasteiger partial charge is 0.496 e. The van der Waals surface area contributed by atoms with E-state index in [1.54, 1.807) is 7.11 Å². The lowest BCUT2D eigenvalue weighted by Gasteiger charge is -2.31. The molecule has 0 saturated carbocycles. The molecule has 1 aliphatic heterocycles. The molecule has 0 bridgehead atoms. The molecule has 1 aliphatic carbocycles. The number of methoxy groups -OCH3 is 1. The monoisotopic (exact) mass is 610 g/mol. The lowest BCUT2D eigenvalue weighted by Crippen LogP contribution is -2.38. The second-order valence-corrected chi connectivity index (χ2v) is 11.1. The number of fused-ring (bicyclic) bond motifs is 3. The third kappa shape index (κ3) is 3.88. The van der Waals surface area contributed by atoms with Gasteiger partial charge in [0, 0.05) is 10.6 Å². The fourth-order valence-electron chi connectivity index (χ4n) is 4.92. The highest BCUT2D eigenvalue weighted by atomic mass is 127. The number of benzene rings is 3. The van der Waals surface area contributed by atoms with Crippen molar-refractivity contribution >= 4 is 57.3 Å². The number of nitrogens with zero attached hydrogens (tertiary/aromatic N) is 2. The van der Waals surface area contributed by atoms with E-state index in [2.05, 4.69) is 46.9 Å². The van der Waals surface area contributed by atoms with E-state index in [0.29, 0.717) is 14.4 Å². The molecule has 3 aromatic carbocycles. The van der Waals surface area contributed by atoms with Crippen molar-refractivity contribution in [3.05, 3.63) is 123 Å². The Morgan fingerprint density at radius 2 is 1.91 bits per heavy atom. The number of allylic oxidation sites excluding steroid dienone is 1. The number of halogens is 2. The van der Waals surface area contributed by atoms with Crippen LogP contribution in [0.3, 0.4) is 0 Å².